The highest BCUT2D eigenvalue weighted by molar-refractivity contribution is 5.87. The first-order valence-electron chi connectivity index (χ1n) is 24.9. The summed E-state index contributed by atoms with van der Waals surface area (Å²) in [6.45, 7) is 4.36. The number of ether oxygens (including phenoxy) is 3. The van der Waals surface area contributed by atoms with Gasteiger partial charge in [0.2, 0.25) is 11.9 Å². The predicted octanol–water partition coefficient (Wildman–Crippen LogP) is 5.47. The number of hydrazine groups is 1. The van der Waals surface area contributed by atoms with Crippen LogP contribution in [0.3, 0.4) is 0 Å². The van der Waals surface area contributed by atoms with E-state index in [0.29, 0.717) is 59.2 Å². The molecule has 0 unspecified atom stereocenters. The monoisotopic (exact) mass is 1100 g/mol. The molecular weight excluding hydrogens is 1040 g/mol. The number of nitrogens with one attached hydrogen (secondary N) is 4. The number of aliphatic hydroxyl groups excluding tert-OH is 1. The molecule has 2 aromatic carbocycles. The molecule has 7 rings (SSSR count). The van der Waals surface area contributed by atoms with E-state index in [9.17, 15) is 46.2 Å². The SMILES string of the molecule is CNC(=O)O[C@H](C(=O)NN(Cc1c(F)cc(-c2cn(C(F)F)cn2)cc1F)C[C@H](O)[C@H](Cc1ccc(C#Cc2cnc(N3C[C@@H]4CC[C@@H](C3)N4C3COC3)nc2)cc1)NC(=O)[C@@H](NC(=O)OC)C(C)(C)C(F)(F)F)C(C)(C)C. The number of alkyl carbamates (subject to hydrolysis) is 2. The zero-order valence-corrected chi connectivity index (χ0v) is 43.8. The molecule has 3 aliphatic heterocycles. The van der Waals surface area contributed by atoms with Crippen molar-refractivity contribution in [1.29, 1.82) is 0 Å². The second-order valence-electron chi connectivity index (χ2n) is 21.0. The van der Waals surface area contributed by atoms with E-state index in [1.807, 2.05) is 5.32 Å². The molecule has 3 aliphatic rings. The number of hydrogen-bond acceptors (Lipinski definition) is 14. The molecule has 4 amide bonds. The van der Waals surface area contributed by atoms with Crippen molar-refractivity contribution in [3.05, 3.63) is 95.2 Å². The maximum Gasteiger partial charge on any atom is 0.407 e. The van der Waals surface area contributed by atoms with Gasteiger partial charge < -0.3 is 40.2 Å². The van der Waals surface area contributed by atoms with Crippen LogP contribution >= 0.6 is 0 Å². The standard InChI is InChI=1S/C52H62F7N11O8/c1-50(2,3)43(78-48(74)60-6)45(73)66-69(23-36-37(53)17-32(18-38(36)54)40-24-68(28-63-40)46(55)56)25-41(71)39(64-44(72)42(65-49(75)76-7)51(4,5)52(57,58)59)16-30-11-8-29(9-12-30)10-13-31-19-61-47(62-20-31)67-21-33-14-15-34(22-67)70(33)35-26-77-27-35/h8-9,11-12,17-20,24,28,33-35,39,41-43,46,71H,14-16,21-23,25-27H2,1-7H3,(H,60,74)(H,64,72)(H,65,75)(H,66,73)/t33-,34-,39-,41-,42+,43+/m0/s1. The van der Waals surface area contributed by atoms with Crippen LogP contribution in [0.15, 0.2) is 61.3 Å². The number of methoxy groups -OCH3 is 1. The van der Waals surface area contributed by atoms with Crippen LogP contribution in [0, 0.1) is 34.3 Å². The summed E-state index contributed by atoms with van der Waals surface area (Å²) in [5.41, 5.74) is -1.41. The van der Waals surface area contributed by atoms with Gasteiger partial charge in [-0.25, -0.2) is 38.3 Å². The normalized spacial score (nSPS) is 18.5. The Labute approximate surface area is 445 Å². The number of alkyl halides is 5. The van der Waals surface area contributed by atoms with Crippen LogP contribution in [0.25, 0.3) is 11.3 Å². The summed E-state index contributed by atoms with van der Waals surface area (Å²) in [5, 5.41) is 19.5. The lowest BCUT2D eigenvalue weighted by Crippen LogP contribution is -2.62. The number of hydrogen-bond donors (Lipinski definition) is 5. The van der Waals surface area contributed by atoms with E-state index < -0.39 is 102 Å². The van der Waals surface area contributed by atoms with E-state index in [4.69, 9.17) is 9.47 Å². The quantitative estimate of drug-likeness (QED) is 0.0475. The summed E-state index contributed by atoms with van der Waals surface area (Å²) in [6.07, 6.45) is -4.27. The Hall–Kier alpha value is -7.08. The maximum absolute atomic E-state index is 16.0. The molecule has 0 radical (unpaired) electrons. The van der Waals surface area contributed by atoms with Crippen LogP contribution in [-0.4, -0.2) is 154 Å². The number of benzene rings is 2. The van der Waals surface area contributed by atoms with E-state index in [0.717, 1.165) is 75.9 Å². The number of imidazole rings is 1. The van der Waals surface area contributed by atoms with Crippen LogP contribution in [0.2, 0.25) is 0 Å². The van der Waals surface area contributed by atoms with Gasteiger partial charge in [-0.3, -0.25) is 24.5 Å². The Balaban J connectivity index is 1.16. The lowest BCUT2D eigenvalue weighted by molar-refractivity contribution is -0.220. The molecule has 422 valence electrons. The summed E-state index contributed by atoms with van der Waals surface area (Å²) in [6, 6.07) is 5.28. The fourth-order valence-electron chi connectivity index (χ4n) is 9.42. The topological polar surface area (TPSA) is 218 Å². The highest BCUT2D eigenvalue weighted by Crippen LogP contribution is 2.41. The molecule has 78 heavy (non-hydrogen) atoms. The van der Waals surface area contributed by atoms with E-state index in [2.05, 4.69) is 57.4 Å². The lowest BCUT2D eigenvalue weighted by Gasteiger charge is -2.47. The summed E-state index contributed by atoms with van der Waals surface area (Å²) < 4.78 is 118. The average molecular weight is 1100 g/mol. The van der Waals surface area contributed by atoms with E-state index in [-0.39, 0.29) is 17.7 Å². The molecule has 3 fully saturated rings. The fourth-order valence-corrected chi connectivity index (χ4v) is 9.42. The number of aromatic nitrogens is 4. The van der Waals surface area contributed by atoms with Gasteiger partial charge in [0.15, 0.2) is 6.10 Å². The molecule has 26 heteroatoms. The van der Waals surface area contributed by atoms with Crippen molar-refractivity contribution in [2.24, 2.45) is 10.8 Å². The first kappa shape index (κ1) is 58.6. The highest BCUT2D eigenvalue weighted by Gasteiger charge is 2.56. The second kappa shape index (κ2) is 24.3. The van der Waals surface area contributed by atoms with Gasteiger partial charge in [0.25, 0.3) is 5.91 Å². The van der Waals surface area contributed by atoms with Crippen LogP contribution in [0.5, 0.6) is 0 Å². The first-order chi connectivity index (χ1) is 36.8. The van der Waals surface area contributed by atoms with Crippen molar-refractivity contribution in [3.8, 4) is 23.1 Å². The zero-order chi connectivity index (χ0) is 56.9. The largest absolute Gasteiger partial charge is 0.453 e. The molecule has 5 N–H and O–H groups in total. The van der Waals surface area contributed by atoms with E-state index >= 15 is 8.78 Å². The Kier molecular flexibility index (Phi) is 18.3. The number of amides is 4. The van der Waals surface area contributed by atoms with Gasteiger partial charge in [-0.2, -0.15) is 22.0 Å². The molecular formula is C52H62F7N11O8. The van der Waals surface area contributed by atoms with Crippen LogP contribution in [-0.2, 0) is 36.8 Å². The number of fused-ring (bicyclic) bond motifs is 2. The first-order valence-corrected chi connectivity index (χ1v) is 24.9. The minimum atomic E-state index is -5.09. The van der Waals surface area contributed by atoms with Crippen molar-refractivity contribution < 1.29 is 69.2 Å². The molecule has 19 nitrogen and oxygen atoms in total. The Morgan fingerprint density at radius 3 is 2.01 bits per heavy atom. The number of rotatable bonds is 18. The van der Waals surface area contributed by atoms with Gasteiger partial charge in [0.05, 0.1) is 61.5 Å². The van der Waals surface area contributed by atoms with Gasteiger partial charge in [-0.05, 0) is 62.9 Å². The number of anilines is 1. The van der Waals surface area contributed by atoms with Gasteiger partial charge in [0, 0.05) is 86.0 Å². The van der Waals surface area contributed by atoms with Crippen LogP contribution < -0.4 is 26.3 Å². The molecule has 0 aliphatic carbocycles. The van der Waals surface area contributed by atoms with Gasteiger partial charge in [-0.15, -0.1) is 0 Å². The third-order valence-corrected chi connectivity index (χ3v) is 14.0. The van der Waals surface area contributed by atoms with Crippen molar-refractivity contribution >= 4 is 29.9 Å². The van der Waals surface area contributed by atoms with Crippen molar-refractivity contribution in [3.63, 3.8) is 0 Å². The summed E-state index contributed by atoms with van der Waals surface area (Å²) in [4.78, 5) is 70.7. The third kappa shape index (κ3) is 14.0. The van der Waals surface area contributed by atoms with Gasteiger partial charge >= 0.3 is 24.9 Å². The molecule has 4 aromatic rings. The number of carbonyl (C=O) groups is 4. The molecule has 5 heterocycles. The number of aliphatic hydroxyl groups is 1. The highest BCUT2D eigenvalue weighted by atomic mass is 19.4. The van der Waals surface area contributed by atoms with Gasteiger partial charge in [0.1, 0.15) is 17.7 Å². The van der Waals surface area contributed by atoms with Crippen molar-refractivity contribution in [1.82, 2.24) is 50.8 Å². The molecule has 0 spiro atoms. The van der Waals surface area contributed by atoms with Gasteiger partial charge in [-0.1, -0.05) is 44.7 Å². The lowest BCUT2D eigenvalue weighted by atomic mass is 9.82. The second-order valence-corrected chi connectivity index (χ2v) is 21.0. The van der Waals surface area contributed by atoms with Crippen LogP contribution in [0.4, 0.5) is 46.3 Å². The number of piperazine rings is 1. The Morgan fingerprint density at radius 1 is 0.872 bits per heavy atom. The summed E-state index contributed by atoms with van der Waals surface area (Å²) in [7, 11) is 2.11. The number of nitrogens with zero attached hydrogens (tertiary/aromatic N) is 7. The van der Waals surface area contributed by atoms with Crippen LogP contribution in [0.1, 0.15) is 76.3 Å². The fraction of sp³-hybridized carbons (Fsp3) is 0.519. The van der Waals surface area contributed by atoms with Crippen molar-refractivity contribution in [2.45, 2.75) is 116 Å². The average Bonchev–Trinajstić information content (AvgIpc) is 3.97. The predicted molar refractivity (Wildman–Crippen MR) is 267 cm³/mol. The Morgan fingerprint density at radius 2 is 1.49 bits per heavy atom. The molecule has 2 aromatic heterocycles. The number of halogens is 7. The molecule has 3 saturated heterocycles. The van der Waals surface area contributed by atoms with E-state index in [1.54, 1.807) is 57.4 Å². The van der Waals surface area contributed by atoms with Crippen molar-refractivity contribution in [2.75, 3.05) is 51.9 Å². The molecule has 2 bridgehead atoms. The third-order valence-electron chi connectivity index (χ3n) is 14.0. The Bertz CT molecular complexity index is 2800. The number of carbonyl (C=O) groups excluding carboxylic acids is 4. The maximum atomic E-state index is 16.0. The molecule has 0 saturated carbocycles. The summed E-state index contributed by atoms with van der Waals surface area (Å²) >= 11 is 0. The molecule has 6 atom stereocenters. The zero-order valence-electron chi connectivity index (χ0n) is 43.8. The summed E-state index contributed by atoms with van der Waals surface area (Å²) in [5.74, 6) is 1.68. The van der Waals surface area contributed by atoms with E-state index in [1.165, 1.54) is 7.05 Å². The minimum absolute atomic E-state index is 0.210. The smallest absolute Gasteiger partial charge is 0.407 e. The minimum Gasteiger partial charge on any atom is -0.453 e.